The second-order valence-corrected chi connectivity index (χ2v) is 5.49. The number of aryl methyl sites for hydroxylation is 3. The minimum absolute atomic E-state index is 0.535. The maximum Gasteiger partial charge on any atom is 0.101 e. The van der Waals surface area contributed by atoms with Crippen LogP contribution in [0, 0.1) is 0 Å². The molecular weight excluding hydrogens is 320 g/mol. The molecule has 1 unspecified atom stereocenters. The standard InChI is InChI=1S/C14H21BrN4O/c1-4-10-14(15)11(19(6-3)17-10)7-13(20)12-8-16-9-18(12)5-2/h8-9,13,20H,4-7H2,1-3H3. The lowest BCUT2D eigenvalue weighted by Gasteiger charge is -2.14. The first-order valence-corrected chi connectivity index (χ1v) is 7.83. The van der Waals surface area contributed by atoms with Crippen LogP contribution in [0.3, 0.4) is 0 Å². The van der Waals surface area contributed by atoms with E-state index in [4.69, 9.17) is 0 Å². The Bertz CT molecular complexity index is 576. The SMILES string of the molecule is CCc1nn(CC)c(CC(O)c2cncn2CC)c1Br. The molecule has 0 aromatic carbocycles. The highest BCUT2D eigenvalue weighted by molar-refractivity contribution is 9.10. The molecule has 0 spiro atoms. The van der Waals surface area contributed by atoms with Crippen molar-refractivity contribution in [3.63, 3.8) is 0 Å². The normalized spacial score (nSPS) is 12.8. The van der Waals surface area contributed by atoms with Crippen molar-refractivity contribution < 1.29 is 5.11 Å². The number of aliphatic hydroxyl groups excluding tert-OH is 1. The van der Waals surface area contributed by atoms with Crippen LogP contribution in [-0.2, 0) is 25.9 Å². The Kier molecular flexibility index (Phi) is 4.99. The van der Waals surface area contributed by atoms with Gasteiger partial charge in [-0.25, -0.2) is 4.98 Å². The van der Waals surface area contributed by atoms with Gasteiger partial charge in [-0.3, -0.25) is 4.68 Å². The van der Waals surface area contributed by atoms with Gasteiger partial charge in [0.25, 0.3) is 0 Å². The molecule has 1 N–H and O–H groups in total. The van der Waals surface area contributed by atoms with Crippen molar-refractivity contribution >= 4 is 15.9 Å². The fourth-order valence-corrected chi connectivity index (χ4v) is 3.10. The third-order valence-corrected chi connectivity index (χ3v) is 4.42. The van der Waals surface area contributed by atoms with Gasteiger partial charge in [0.15, 0.2) is 0 Å². The van der Waals surface area contributed by atoms with Gasteiger partial charge in [-0.05, 0) is 36.2 Å². The first-order chi connectivity index (χ1) is 9.62. The van der Waals surface area contributed by atoms with Crippen molar-refractivity contribution in [2.24, 2.45) is 0 Å². The molecule has 110 valence electrons. The lowest BCUT2D eigenvalue weighted by atomic mass is 10.1. The Balaban J connectivity index is 2.27. The Morgan fingerprint density at radius 2 is 2.05 bits per heavy atom. The topological polar surface area (TPSA) is 55.9 Å². The van der Waals surface area contributed by atoms with E-state index in [0.29, 0.717) is 6.42 Å². The fourth-order valence-electron chi connectivity index (χ4n) is 2.37. The molecule has 0 amide bonds. The molecule has 20 heavy (non-hydrogen) atoms. The third-order valence-electron chi connectivity index (χ3n) is 3.51. The molecule has 1 atom stereocenters. The first-order valence-electron chi connectivity index (χ1n) is 7.04. The zero-order valence-corrected chi connectivity index (χ0v) is 13.8. The van der Waals surface area contributed by atoms with Crippen molar-refractivity contribution in [2.45, 2.75) is 52.8 Å². The Hall–Kier alpha value is -1.14. The van der Waals surface area contributed by atoms with E-state index in [2.05, 4.69) is 39.9 Å². The van der Waals surface area contributed by atoms with Crippen molar-refractivity contribution in [2.75, 3.05) is 0 Å². The van der Waals surface area contributed by atoms with E-state index >= 15 is 0 Å². The highest BCUT2D eigenvalue weighted by atomic mass is 79.9. The summed E-state index contributed by atoms with van der Waals surface area (Å²) in [4.78, 5) is 4.11. The van der Waals surface area contributed by atoms with Crippen LogP contribution in [0.4, 0.5) is 0 Å². The van der Waals surface area contributed by atoms with Crippen molar-refractivity contribution in [1.82, 2.24) is 19.3 Å². The summed E-state index contributed by atoms with van der Waals surface area (Å²) in [5.74, 6) is 0. The first kappa shape index (κ1) is 15.3. The quantitative estimate of drug-likeness (QED) is 0.879. The van der Waals surface area contributed by atoms with Crippen molar-refractivity contribution in [3.8, 4) is 0 Å². The number of hydrogen-bond acceptors (Lipinski definition) is 3. The van der Waals surface area contributed by atoms with Crippen LogP contribution in [0.5, 0.6) is 0 Å². The van der Waals surface area contributed by atoms with Crippen molar-refractivity contribution in [3.05, 3.63) is 34.1 Å². The zero-order chi connectivity index (χ0) is 14.7. The largest absolute Gasteiger partial charge is 0.386 e. The average molecular weight is 341 g/mol. The molecule has 0 bridgehead atoms. The van der Waals surface area contributed by atoms with Gasteiger partial charge in [-0.2, -0.15) is 5.10 Å². The Labute approximate surface area is 127 Å². The summed E-state index contributed by atoms with van der Waals surface area (Å²) in [5, 5.41) is 15.0. The molecule has 2 aromatic heterocycles. The predicted octanol–water partition coefficient (Wildman–Crippen LogP) is 2.72. The molecule has 0 fully saturated rings. The van der Waals surface area contributed by atoms with Gasteiger partial charge in [0.05, 0.1) is 34.1 Å². The van der Waals surface area contributed by atoms with Crippen LogP contribution in [0.1, 0.15) is 44.0 Å². The van der Waals surface area contributed by atoms with Gasteiger partial charge < -0.3 is 9.67 Å². The summed E-state index contributed by atoms with van der Waals surface area (Å²) in [5.41, 5.74) is 2.93. The van der Waals surface area contributed by atoms with Gasteiger partial charge in [0.2, 0.25) is 0 Å². The van der Waals surface area contributed by atoms with Crippen LogP contribution < -0.4 is 0 Å². The number of rotatable bonds is 6. The lowest BCUT2D eigenvalue weighted by molar-refractivity contribution is 0.166. The molecule has 2 aromatic rings. The molecular formula is C14H21BrN4O. The summed E-state index contributed by atoms with van der Waals surface area (Å²) in [6, 6.07) is 0. The van der Waals surface area contributed by atoms with Crippen LogP contribution in [0.15, 0.2) is 17.0 Å². The predicted molar refractivity (Wildman–Crippen MR) is 81.5 cm³/mol. The van der Waals surface area contributed by atoms with Crippen molar-refractivity contribution in [1.29, 1.82) is 0 Å². The van der Waals surface area contributed by atoms with Gasteiger partial charge in [-0.15, -0.1) is 0 Å². The summed E-state index contributed by atoms with van der Waals surface area (Å²) < 4.78 is 4.94. The van der Waals surface area contributed by atoms with Gasteiger partial charge in [0, 0.05) is 19.5 Å². The molecule has 0 saturated heterocycles. The molecule has 0 saturated carbocycles. The number of aromatic nitrogens is 4. The number of imidazole rings is 1. The maximum atomic E-state index is 10.5. The molecule has 0 radical (unpaired) electrons. The summed E-state index contributed by atoms with van der Waals surface area (Å²) in [6.45, 7) is 7.79. The molecule has 2 heterocycles. The monoisotopic (exact) mass is 340 g/mol. The van der Waals surface area contributed by atoms with E-state index in [1.54, 1.807) is 12.5 Å². The summed E-state index contributed by atoms with van der Waals surface area (Å²) >= 11 is 3.61. The number of aliphatic hydroxyl groups is 1. The molecule has 0 aliphatic rings. The molecule has 6 heteroatoms. The van der Waals surface area contributed by atoms with Crippen LogP contribution >= 0.6 is 15.9 Å². The van der Waals surface area contributed by atoms with Crippen LogP contribution in [0.25, 0.3) is 0 Å². The second-order valence-electron chi connectivity index (χ2n) is 4.70. The van der Waals surface area contributed by atoms with Gasteiger partial charge in [-0.1, -0.05) is 6.92 Å². The second kappa shape index (κ2) is 6.54. The molecule has 0 aliphatic heterocycles. The number of halogens is 1. The maximum absolute atomic E-state index is 10.5. The van der Waals surface area contributed by atoms with E-state index in [1.807, 2.05) is 16.2 Å². The highest BCUT2D eigenvalue weighted by Gasteiger charge is 2.20. The summed E-state index contributed by atoms with van der Waals surface area (Å²) in [7, 11) is 0. The number of nitrogens with zero attached hydrogens (tertiary/aromatic N) is 4. The van der Waals surface area contributed by atoms with Gasteiger partial charge >= 0.3 is 0 Å². The Morgan fingerprint density at radius 3 is 2.65 bits per heavy atom. The van der Waals surface area contributed by atoms with E-state index in [9.17, 15) is 5.11 Å². The lowest BCUT2D eigenvalue weighted by Crippen LogP contribution is -2.12. The fraction of sp³-hybridized carbons (Fsp3) is 0.571. The molecule has 0 aliphatic carbocycles. The van der Waals surface area contributed by atoms with E-state index in [-0.39, 0.29) is 0 Å². The minimum atomic E-state index is -0.569. The van der Waals surface area contributed by atoms with E-state index in [0.717, 1.165) is 41.1 Å². The van der Waals surface area contributed by atoms with E-state index < -0.39 is 6.10 Å². The summed E-state index contributed by atoms with van der Waals surface area (Å²) in [6.07, 6.45) is 4.33. The smallest absolute Gasteiger partial charge is 0.101 e. The molecule has 2 rings (SSSR count). The zero-order valence-electron chi connectivity index (χ0n) is 12.2. The minimum Gasteiger partial charge on any atom is -0.386 e. The van der Waals surface area contributed by atoms with Crippen LogP contribution in [-0.4, -0.2) is 24.4 Å². The number of hydrogen-bond donors (Lipinski definition) is 1. The van der Waals surface area contributed by atoms with E-state index in [1.165, 1.54) is 0 Å². The van der Waals surface area contributed by atoms with Gasteiger partial charge in [0.1, 0.15) is 6.10 Å². The Morgan fingerprint density at radius 1 is 1.30 bits per heavy atom. The molecule has 5 nitrogen and oxygen atoms in total. The highest BCUT2D eigenvalue weighted by Crippen LogP contribution is 2.27. The van der Waals surface area contributed by atoms with Crippen LogP contribution in [0.2, 0.25) is 0 Å². The average Bonchev–Trinajstić information content (AvgIpc) is 3.04. The third kappa shape index (κ3) is 2.81.